The molecule has 0 aliphatic heterocycles. The molecule has 2 N–H and O–H groups in total. The molecule has 20 heavy (non-hydrogen) atoms. The molecule has 2 rings (SSSR count). The number of carbonyl (C=O) groups excluding carboxylic acids is 2. The number of primary amides is 1. The monoisotopic (exact) mass is 291 g/mol. The van der Waals surface area contributed by atoms with E-state index in [1.807, 2.05) is 0 Å². The SMILES string of the molecule is NC(=O)C(C=O)c1ccc(-c2ccc(F)c(Cl)c2)cc1. The zero-order chi connectivity index (χ0) is 14.7. The minimum atomic E-state index is -0.958. The summed E-state index contributed by atoms with van der Waals surface area (Å²) in [6.07, 6.45) is 0.506. The molecule has 2 aromatic carbocycles. The third kappa shape index (κ3) is 2.86. The van der Waals surface area contributed by atoms with Crippen molar-refractivity contribution < 1.29 is 14.0 Å². The van der Waals surface area contributed by atoms with Crippen LogP contribution in [0.2, 0.25) is 5.02 Å². The van der Waals surface area contributed by atoms with Gasteiger partial charge in [-0.25, -0.2) is 4.39 Å². The summed E-state index contributed by atoms with van der Waals surface area (Å²) in [5.74, 6) is -2.14. The predicted octanol–water partition coefficient (Wildman–Crippen LogP) is 2.91. The van der Waals surface area contributed by atoms with Gasteiger partial charge in [0.25, 0.3) is 0 Å². The Kier molecular flexibility index (Phi) is 4.15. The van der Waals surface area contributed by atoms with Crippen LogP contribution in [0.5, 0.6) is 0 Å². The summed E-state index contributed by atoms with van der Waals surface area (Å²) >= 11 is 5.73. The molecule has 0 aromatic heterocycles. The van der Waals surface area contributed by atoms with Gasteiger partial charge >= 0.3 is 0 Å². The van der Waals surface area contributed by atoms with E-state index in [9.17, 15) is 14.0 Å². The Morgan fingerprint density at radius 1 is 1.15 bits per heavy atom. The Morgan fingerprint density at radius 2 is 1.75 bits per heavy atom. The van der Waals surface area contributed by atoms with Crippen molar-refractivity contribution >= 4 is 23.8 Å². The first kappa shape index (κ1) is 14.2. The largest absolute Gasteiger partial charge is 0.369 e. The van der Waals surface area contributed by atoms with Crippen molar-refractivity contribution in [2.24, 2.45) is 5.73 Å². The molecule has 0 heterocycles. The summed E-state index contributed by atoms with van der Waals surface area (Å²) in [6, 6.07) is 11.1. The lowest BCUT2D eigenvalue weighted by molar-refractivity contribution is -0.123. The molecule has 1 unspecified atom stereocenters. The molecular formula is C15H11ClFNO2. The van der Waals surface area contributed by atoms with Crippen molar-refractivity contribution in [1.82, 2.24) is 0 Å². The number of rotatable bonds is 4. The second kappa shape index (κ2) is 5.84. The molecule has 0 aliphatic carbocycles. The molecule has 0 radical (unpaired) electrons. The van der Waals surface area contributed by atoms with E-state index in [4.69, 9.17) is 17.3 Å². The number of nitrogens with two attached hydrogens (primary N) is 1. The van der Waals surface area contributed by atoms with E-state index in [0.717, 1.165) is 11.1 Å². The molecule has 1 atom stereocenters. The first-order chi connectivity index (χ1) is 9.52. The normalized spacial score (nSPS) is 11.9. The summed E-state index contributed by atoms with van der Waals surface area (Å²) in [5, 5.41) is 0.0366. The van der Waals surface area contributed by atoms with Crippen LogP contribution in [0.25, 0.3) is 11.1 Å². The number of amides is 1. The highest BCUT2D eigenvalue weighted by Crippen LogP contribution is 2.26. The van der Waals surface area contributed by atoms with Gasteiger partial charge in [0.2, 0.25) is 5.91 Å². The number of aldehydes is 1. The molecule has 0 spiro atoms. The van der Waals surface area contributed by atoms with E-state index < -0.39 is 17.6 Å². The zero-order valence-corrected chi connectivity index (χ0v) is 11.1. The number of carbonyl (C=O) groups is 2. The summed E-state index contributed by atoms with van der Waals surface area (Å²) in [5.41, 5.74) is 7.19. The third-order valence-corrected chi connectivity index (χ3v) is 3.25. The lowest BCUT2D eigenvalue weighted by Crippen LogP contribution is -2.22. The van der Waals surface area contributed by atoms with Gasteiger partial charge in [-0.2, -0.15) is 0 Å². The second-order valence-electron chi connectivity index (χ2n) is 4.27. The number of halogens is 2. The second-order valence-corrected chi connectivity index (χ2v) is 4.67. The van der Waals surface area contributed by atoms with Gasteiger partial charge in [-0.05, 0) is 28.8 Å². The molecule has 0 saturated heterocycles. The molecule has 1 amide bonds. The van der Waals surface area contributed by atoms with E-state index in [0.29, 0.717) is 11.8 Å². The van der Waals surface area contributed by atoms with Crippen molar-refractivity contribution in [3.05, 3.63) is 58.9 Å². The summed E-state index contributed by atoms with van der Waals surface area (Å²) in [6.45, 7) is 0. The molecule has 5 heteroatoms. The molecular weight excluding hydrogens is 281 g/mol. The predicted molar refractivity (Wildman–Crippen MR) is 74.8 cm³/mol. The van der Waals surface area contributed by atoms with Gasteiger partial charge in [0.05, 0.1) is 5.02 Å². The number of hydrogen-bond acceptors (Lipinski definition) is 2. The van der Waals surface area contributed by atoms with Gasteiger partial charge in [0.1, 0.15) is 18.0 Å². The highest BCUT2D eigenvalue weighted by Gasteiger charge is 2.16. The van der Waals surface area contributed by atoms with Crippen LogP contribution in [-0.4, -0.2) is 12.2 Å². The van der Waals surface area contributed by atoms with Crippen LogP contribution in [0.3, 0.4) is 0 Å². The van der Waals surface area contributed by atoms with E-state index in [1.165, 1.54) is 12.1 Å². The molecule has 0 aliphatic rings. The number of benzene rings is 2. The average Bonchev–Trinajstić information content (AvgIpc) is 2.43. The maximum atomic E-state index is 13.1. The van der Waals surface area contributed by atoms with Crippen LogP contribution >= 0.6 is 11.6 Å². The highest BCUT2D eigenvalue weighted by molar-refractivity contribution is 6.31. The van der Waals surface area contributed by atoms with E-state index in [1.54, 1.807) is 30.3 Å². The van der Waals surface area contributed by atoms with Crippen LogP contribution < -0.4 is 5.73 Å². The minimum absolute atomic E-state index is 0.0366. The summed E-state index contributed by atoms with van der Waals surface area (Å²) < 4.78 is 13.1. The molecule has 0 saturated carbocycles. The Bertz CT molecular complexity index is 655. The fraction of sp³-hybridized carbons (Fsp3) is 0.0667. The van der Waals surface area contributed by atoms with Crippen molar-refractivity contribution in [2.45, 2.75) is 5.92 Å². The molecule has 0 bridgehead atoms. The minimum Gasteiger partial charge on any atom is -0.369 e. The van der Waals surface area contributed by atoms with Gasteiger partial charge in [0, 0.05) is 0 Å². The Labute approximate surface area is 120 Å². The van der Waals surface area contributed by atoms with Crippen LogP contribution in [0.4, 0.5) is 4.39 Å². The van der Waals surface area contributed by atoms with Gasteiger partial charge in [-0.15, -0.1) is 0 Å². The zero-order valence-electron chi connectivity index (χ0n) is 10.3. The first-order valence-corrected chi connectivity index (χ1v) is 6.20. The molecule has 3 nitrogen and oxygen atoms in total. The van der Waals surface area contributed by atoms with E-state index >= 15 is 0 Å². The fourth-order valence-corrected chi connectivity index (χ4v) is 2.05. The van der Waals surface area contributed by atoms with Crippen LogP contribution in [-0.2, 0) is 9.59 Å². The van der Waals surface area contributed by atoms with Crippen molar-refractivity contribution in [1.29, 1.82) is 0 Å². The van der Waals surface area contributed by atoms with Gasteiger partial charge in [0.15, 0.2) is 0 Å². The maximum Gasteiger partial charge on any atom is 0.232 e. The maximum absolute atomic E-state index is 13.1. The molecule has 2 aromatic rings. The van der Waals surface area contributed by atoms with Gasteiger partial charge in [-0.1, -0.05) is 41.9 Å². The van der Waals surface area contributed by atoms with Crippen LogP contribution in [0.15, 0.2) is 42.5 Å². The smallest absolute Gasteiger partial charge is 0.232 e. The van der Waals surface area contributed by atoms with E-state index in [2.05, 4.69) is 0 Å². The van der Waals surface area contributed by atoms with Crippen molar-refractivity contribution in [2.75, 3.05) is 0 Å². The fourth-order valence-electron chi connectivity index (χ4n) is 1.87. The van der Waals surface area contributed by atoms with Crippen molar-refractivity contribution in [3.8, 4) is 11.1 Å². The first-order valence-electron chi connectivity index (χ1n) is 5.83. The van der Waals surface area contributed by atoms with Gasteiger partial charge < -0.3 is 10.5 Å². The molecule has 0 fully saturated rings. The van der Waals surface area contributed by atoms with Crippen LogP contribution in [0.1, 0.15) is 11.5 Å². The Hall–Kier alpha value is -2.20. The summed E-state index contributed by atoms with van der Waals surface area (Å²) in [7, 11) is 0. The number of hydrogen-bond donors (Lipinski definition) is 1. The Morgan fingerprint density at radius 3 is 2.25 bits per heavy atom. The topological polar surface area (TPSA) is 60.2 Å². The standard InChI is InChI=1S/C15H11ClFNO2/c16-13-7-11(5-6-14(13)17)9-1-3-10(4-2-9)12(8-19)15(18)20/h1-8,12H,(H2,18,20). The molecule has 102 valence electrons. The van der Waals surface area contributed by atoms with Crippen LogP contribution in [0, 0.1) is 5.82 Å². The van der Waals surface area contributed by atoms with Crippen molar-refractivity contribution in [3.63, 3.8) is 0 Å². The Balaban J connectivity index is 2.34. The quantitative estimate of drug-likeness (QED) is 0.695. The average molecular weight is 292 g/mol. The lowest BCUT2D eigenvalue weighted by Gasteiger charge is -2.08. The van der Waals surface area contributed by atoms with Gasteiger partial charge in [-0.3, -0.25) is 4.79 Å². The summed E-state index contributed by atoms with van der Waals surface area (Å²) in [4.78, 5) is 21.9. The highest BCUT2D eigenvalue weighted by atomic mass is 35.5. The lowest BCUT2D eigenvalue weighted by atomic mass is 9.97. The third-order valence-electron chi connectivity index (χ3n) is 2.97. The van der Waals surface area contributed by atoms with E-state index in [-0.39, 0.29) is 5.02 Å².